The quantitative estimate of drug-likeness (QED) is 0.793. The molecule has 0 spiro atoms. The fraction of sp³-hybridized carbons (Fsp3) is 0.562. The lowest BCUT2D eigenvalue weighted by atomic mass is 10.0. The molecule has 0 bridgehead atoms. The summed E-state index contributed by atoms with van der Waals surface area (Å²) in [6, 6.07) is 7.91. The molecule has 0 amide bonds. The minimum absolute atomic E-state index is 0.283. The number of benzene rings is 1. The second-order valence-electron chi connectivity index (χ2n) is 5.03. The van der Waals surface area contributed by atoms with E-state index < -0.39 is 0 Å². The number of ether oxygens (including phenoxy) is 2. The van der Waals surface area contributed by atoms with Gasteiger partial charge in [-0.25, -0.2) is 0 Å². The molecule has 1 unspecified atom stereocenters. The Morgan fingerprint density at radius 1 is 1.35 bits per heavy atom. The summed E-state index contributed by atoms with van der Waals surface area (Å²) in [5.41, 5.74) is 1.64. The van der Waals surface area contributed by atoms with Crippen LogP contribution in [0.1, 0.15) is 31.9 Å². The predicted molar refractivity (Wildman–Crippen MR) is 79.7 cm³/mol. The third-order valence-corrected chi connectivity index (χ3v) is 3.27. The van der Waals surface area contributed by atoms with Crippen molar-refractivity contribution in [2.75, 3.05) is 20.3 Å². The van der Waals surface area contributed by atoms with Gasteiger partial charge in [-0.1, -0.05) is 13.8 Å². The van der Waals surface area contributed by atoms with Crippen LogP contribution in [-0.2, 0) is 11.3 Å². The maximum Gasteiger partial charge on any atom is 0.123 e. The summed E-state index contributed by atoms with van der Waals surface area (Å²) in [5, 5.41) is 12.5. The smallest absolute Gasteiger partial charge is 0.123 e. The second kappa shape index (κ2) is 8.57. The van der Waals surface area contributed by atoms with Crippen LogP contribution >= 0.6 is 0 Å². The van der Waals surface area contributed by atoms with Crippen LogP contribution in [0.25, 0.3) is 0 Å². The maximum absolute atomic E-state index is 8.98. The van der Waals surface area contributed by atoms with Gasteiger partial charge >= 0.3 is 0 Å². The van der Waals surface area contributed by atoms with E-state index in [1.54, 1.807) is 13.2 Å². The number of nitrogens with zero attached hydrogens (tertiary/aromatic N) is 1. The molecule has 1 rings (SSSR count). The van der Waals surface area contributed by atoms with Crippen molar-refractivity contribution >= 4 is 0 Å². The average Bonchev–Trinajstić information content (AvgIpc) is 2.46. The van der Waals surface area contributed by atoms with Crippen LogP contribution in [-0.4, -0.2) is 26.4 Å². The van der Waals surface area contributed by atoms with Crippen LogP contribution in [0.3, 0.4) is 0 Å². The van der Waals surface area contributed by atoms with Gasteiger partial charge in [0.15, 0.2) is 0 Å². The Morgan fingerprint density at radius 2 is 2.10 bits per heavy atom. The van der Waals surface area contributed by atoms with E-state index in [1.807, 2.05) is 19.1 Å². The van der Waals surface area contributed by atoms with Crippen LogP contribution < -0.4 is 10.1 Å². The predicted octanol–water partition coefficient (Wildman–Crippen LogP) is 2.72. The van der Waals surface area contributed by atoms with E-state index >= 15 is 0 Å². The molecule has 0 saturated carbocycles. The van der Waals surface area contributed by atoms with Gasteiger partial charge in [0.2, 0.25) is 0 Å². The molecule has 0 fully saturated rings. The first kappa shape index (κ1) is 16.5. The second-order valence-corrected chi connectivity index (χ2v) is 5.03. The lowest BCUT2D eigenvalue weighted by Gasteiger charge is -2.22. The van der Waals surface area contributed by atoms with Gasteiger partial charge in [0, 0.05) is 24.8 Å². The molecule has 110 valence electrons. The highest BCUT2D eigenvalue weighted by Gasteiger charge is 2.14. The Balaban J connectivity index is 2.73. The van der Waals surface area contributed by atoms with Crippen molar-refractivity contribution in [3.8, 4) is 11.8 Å². The first-order chi connectivity index (χ1) is 9.62. The zero-order chi connectivity index (χ0) is 15.0. The lowest BCUT2D eigenvalue weighted by molar-refractivity contribution is 0.107. The van der Waals surface area contributed by atoms with Gasteiger partial charge in [-0.05, 0) is 31.0 Å². The number of nitriles is 1. The third-order valence-electron chi connectivity index (χ3n) is 3.27. The molecule has 0 aliphatic carbocycles. The van der Waals surface area contributed by atoms with Gasteiger partial charge < -0.3 is 14.8 Å². The van der Waals surface area contributed by atoms with E-state index in [0.29, 0.717) is 24.6 Å². The van der Waals surface area contributed by atoms with Crippen LogP contribution in [0, 0.1) is 17.2 Å². The highest BCUT2D eigenvalue weighted by atomic mass is 16.5. The highest BCUT2D eigenvalue weighted by Crippen LogP contribution is 2.20. The van der Waals surface area contributed by atoms with Gasteiger partial charge in [-0.2, -0.15) is 5.26 Å². The summed E-state index contributed by atoms with van der Waals surface area (Å²) in [6.45, 7) is 8.40. The Kier molecular flexibility index (Phi) is 7.06. The van der Waals surface area contributed by atoms with Crippen molar-refractivity contribution in [1.82, 2.24) is 5.32 Å². The summed E-state index contributed by atoms with van der Waals surface area (Å²) in [5.74, 6) is 1.28. The number of methoxy groups -OCH3 is 1. The van der Waals surface area contributed by atoms with Crippen molar-refractivity contribution in [2.45, 2.75) is 33.4 Å². The molecule has 4 nitrogen and oxygen atoms in total. The Morgan fingerprint density at radius 3 is 2.65 bits per heavy atom. The first-order valence-corrected chi connectivity index (χ1v) is 7.00. The SMILES string of the molecule is CCOCC(NCc1cc(C#N)ccc1OC)C(C)C. The van der Waals surface area contributed by atoms with Crippen LogP contribution in [0.4, 0.5) is 0 Å². The van der Waals surface area contributed by atoms with E-state index in [1.165, 1.54) is 0 Å². The van der Waals surface area contributed by atoms with Gasteiger partial charge in [0.1, 0.15) is 5.75 Å². The maximum atomic E-state index is 8.98. The molecule has 4 heteroatoms. The molecule has 1 atom stereocenters. The molecule has 1 aromatic rings. The molecular weight excluding hydrogens is 252 g/mol. The molecule has 0 radical (unpaired) electrons. The molecule has 20 heavy (non-hydrogen) atoms. The van der Waals surface area contributed by atoms with Crippen molar-refractivity contribution in [3.05, 3.63) is 29.3 Å². The molecule has 0 aromatic heterocycles. The fourth-order valence-corrected chi connectivity index (χ4v) is 1.96. The van der Waals surface area contributed by atoms with Crippen LogP contribution in [0.15, 0.2) is 18.2 Å². The normalized spacial score (nSPS) is 12.2. The molecule has 0 heterocycles. The largest absolute Gasteiger partial charge is 0.496 e. The molecule has 0 aliphatic heterocycles. The van der Waals surface area contributed by atoms with Crippen molar-refractivity contribution in [3.63, 3.8) is 0 Å². The van der Waals surface area contributed by atoms with E-state index in [0.717, 1.165) is 17.9 Å². The van der Waals surface area contributed by atoms with Crippen LogP contribution in [0.5, 0.6) is 5.75 Å². The van der Waals surface area contributed by atoms with Gasteiger partial charge in [-0.3, -0.25) is 0 Å². The molecule has 0 saturated heterocycles. The average molecular weight is 276 g/mol. The van der Waals surface area contributed by atoms with Crippen LogP contribution in [0.2, 0.25) is 0 Å². The lowest BCUT2D eigenvalue weighted by Crippen LogP contribution is -2.37. The molecule has 0 aliphatic rings. The first-order valence-electron chi connectivity index (χ1n) is 7.00. The third kappa shape index (κ3) is 4.84. The molecular formula is C16H24N2O2. The van der Waals surface area contributed by atoms with Gasteiger partial charge in [-0.15, -0.1) is 0 Å². The van der Waals surface area contributed by atoms with E-state index in [-0.39, 0.29) is 6.04 Å². The Bertz CT molecular complexity index is 452. The van der Waals surface area contributed by atoms with Crippen molar-refractivity contribution in [2.24, 2.45) is 5.92 Å². The Hall–Kier alpha value is -1.57. The summed E-state index contributed by atoms with van der Waals surface area (Å²) < 4.78 is 10.8. The minimum Gasteiger partial charge on any atom is -0.496 e. The summed E-state index contributed by atoms with van der Waals surface area (Å²) in [4.78, 5) is 0. The standard InChI is InChI=1S/C16H24N2O2/c1-5-20-11-15(12(2)3)18-10-14-8-13(9-17)6-7-16(14)19-4/h6-8,12,15,18H,5,10-11H2,1-4H3. The minimum atomic E-state index is 0.283. The van der Waals surface area contributed by atoms with Gasteiger partial charge in [0.25, 0.3) is 0 Å². The van der Waals surface area contributed by atoms with Crippen molar-refractivity contribution in [1.29, 1.82) is 5.26 Å². The van der Waals surface area contributed by atoms with E-state index in [9.17, 15) is 0 Å². The van der Waals surface area contributed by atoms with E-state index in [2.05, 4.69) is 25.2 Å². The monoisotopic (exact) mass is 276 g/mol. The number of rotatable bonds is 8. The van der Waals surface area contributed by atoms with Crippen molar-refractivity contribution < 1.29 is 9.47 Å². The number of hydrogen-bond donors (Lipinski definition) is 1. The summed E-state index contributed by atoms with van der Waals surface area (Å²) >= 11 is 0. The fourth-order valence-electron chi connectivity index (χ4n) is 1.96. The Labute approximate surface area is 121 Å². The summed E-state index contributed by atoms with van der Waals surface area (Å²) in [7, 11) is 1.64. The molecule has 1 aromatic carbocycles. The zero-order valence-corrected chi connectivity index (χ0v) is 12.8. The number of hydrogen-bond acceptors (Lipinski definition) is 4. The topological polar surface area (TPSA) is 54.3 Å². The summed E-state index contributed by atoms with van der Waals surface area (Å²) in [6.07, 6.45) is 0. The number of nitrogens with one attached hydrogen (secondary N) is 1. The highest BCUT2D eigenvalue weighted by molar-refractivity contribution is 5.42. The van der Waals surface area contributed by atoms with Gasteiger partial charge in [0.05, 0.1) is 25.3 Å². The van der Waals surface area contributed by atoms with E-state index in [4.69, 9.17) is 14.7 Å². The zero-order valence-electron chi connectivity index (χ0n) is 12.8. The molecule has 1 N–H and O–H groups in total.